The Morgan fingerprint density at radius 2 is 1.71 bits per heavy atom. The van der Waals surface area contributed by atoms with Crippen molar-refractivity contribution in [1.82, 2.24) is 9.80 Å². The van der Waals surface area contributed by atoms with Crippen LogP contribution in [-0.4, -0.2) is 54.0 Å². The van der Waals surface area contributed by atoms with Crippen LogP contribution >= 0.6 is 11.6 Å². The van der Waals surface area contributed by atoms with Crippen molar-refractivity contribution in [2.24, 2.45) is 10.9 Å². The van der Waals surface area contributed by atoms with E-state index in [1.807, 2.05) is 26.0 Å². The lowest BCUT2D eigenvalue weighted by atomic mass is 10.0. The van der Waals surface area contributed by atoms with Crippen LogP contribution in [0, 0.1) is 5.92 Å². The van der Waals surface area contributed by atoms with Crippen molar-refractivity contribution in [1.29, 1.82) is 0 Å². The van der Waals surface area contributed by atoms with Gasteiger partial charge >= 0.3 is 0 Å². The Hall–Kier alpha value is -2.17. The van der Waals surface area contributed by atoms with E-state index in [4.69, 9.17) is 16.6 Å². The smallest absolute Gasteiger partial charge is 0.154 e. The lowest BCUT2D eigenvalue weighted by Gasteiger charge is -2.36. The number of carbonyl (C=O) groups is 1. The summed E-state index contributed by atoms with van der Waals surface area (Å²) in [4.78, 5) is 22.0. The summed E-state index contributed by atoms with van der Waals surface area (Å²) >= 11 is 6.36. The van der Waals surface area contributed by atoms with Crippen molar-refractivity contribution >= 4 is 23.1 Å². The molecule has 1 unspecified atom stereocenters. The van der Waals surface area contributed by atoms with Crippen molar-refractivity contribution < 1.29 is 4.79 Å². The first-order valence-corrected chi connectivity index (χ1v) is 12.9. The van der Waals surface area contributed by atoms with Gasteiger partial charge in [-0.2, -0.15) is 0 Å². The molecule has 1 atom stereocenters. The van der Waals surface area contributed by atoms with Gasteiger partial charge in [0.2, 0.25) is 0 Å². The number of halogens is 1. The Morgan fingerprint density at radius 3 is 2.18 bits per heavy atom. The van der Waals surface area contributed by atoms with Gasteiger partial charge in [-0.05, 0) is 82.4 Å². The SMILES string of the molecule is C=C(C)\C(Cl)=C/C(=C\C)C(=C/C(C)=O)/N=C(\C=C/C(=C\C)N1CCN(CCC)CC1)C(C)CC. The Bertz CT molecular complexity index is 881. The third kappa shape index (κ3) is 9.99. The summed E-state index contributed by atoms with van der Waals surface area (Å²) in [5.41, 5.74) is 4.34. The summed E-state index contributed by atoms with van der Waals surface area (Å²) in [6.07, 6.45) is 13.9. The molecule has 0 aliphatic carbocycles. The Morgan fingerprint density at radius 1 is 1.06 bits per heavy atom. The number of hydrogen-bond acceptors (Lipinski definition) is 4. The van der Waals surface area contributed by atoms with E-state index in [0.717, 1.165) is 49.5 Å². The quantitative estimate of drug-likeness (QED) is 0.168. The highest BCUT2D eigenvalue weighted by atomic mass is 35.5. The summed E-state index contributed by atoms with van der Waals surface area (Å²) < 4.78 is 0. The highest BCUT2D eigenvalue weighted by molar-refractivity contribution is 6.32. The molecule has 1 heterocycles. The van der Waals surface area contributed by atoms with E-state index < -0.39 is 0 Å². The van der Waals surface area contributed by atoms with Crippen molar-refractivity contribution in [2.45, 2.75) is 61.3 Å². The summed E-state index contributed by atoms with van der Waals surface area (Å²) in [6, 6.07) is 0. The number of carbonyl (C=O) groups excluding carboxylic acids is 1. The summed E-state index contributed by atoms with van der Waals surface area (Å²) in [5.74, 6) is 0.189. The molecule has 5 heteroatoms. The molecule has 188 valence electrons. The number of piperazine rings is 1. The second-order valence-corrected chi connectivity index (χ2v) is 9.29. The van der Waals surface area contributed by atoms with Gasteiger partial charge in [0.1, 0.15) is 0 Å². The molecule has 0 amide bonds. The molecule has 1 aliphatic rings. The minimum Gasteiger partial charge on any atom is -0.369 e. The van der Waals surface area contributed by atoms with Gasteiger partial charge in [-0.25, -0.2) is 0 Å². The number of nitrogens with zero attached hydrogens (tertiary/aromatic N) is 3. The Kier molecular flexibility index (Phi) is 13.8. The number of aliphatic imine (C=N–C) groups is 1. The number of hydrogen-bond donors (Lipinski definition) is 0. The van der Waals surface area contributed by atoms with Crippen molar-refractivity contribution in [2.75, 3.05) is 32.7 Å². The van der Waals surface area contributed by atoms with Gasteiger partial charge in [-0.15, -0.1) is 0 Å². The van der Waals surface area contributed by atoms with Crippen molar-refractivity contribution in [3.8, 4) is 0 Å². The standard InChI is InChI=1S/C29H44ClN3O/c1-9-15-32-16-18-33(19-17-32)26(12-4)13-14-28(23(7)10-2)31-29(20-24(8)34)25(11-3)21-27(30)22(5)6/h11-14,20-21,23H,5,9-10,15-19H2,1-4,6-8H3/b14-13-,25-11+,26-12+,27-21+,29-20-,31-28+. The van der Waals surface area contributed by atoms with Crippen LogP contribution in [0.5, 0.6) is 0 Å². The number of allylic oxidation sites excluding steroid dienone is 8. The molecule has 4 nitrogen and oxygen atoms in total. The minimum atomic E-state index is -0.0514. The Labute approximate surface area is 213 Å². The zero-order valence-electron chi connectivity index (χ0n) is 22.3. The maximum atomic E-state index is 12.0. The van der Waals surface area contributed by atoms with Gasteiger partial charge in [-0.1, -0.05) is 51.1 Å². The normalized spacial score (nSPS) is 18.6. The predicted octanol–water partition coefficient (Wildman–Crippen LogP) is 7.08. The lowest BCUT2D eigenvalue weighted by Crippen LogP contribution is -2.45. The molecule has 0 N–H and O–H groups in total. The predicted molar refractivity (Wildman–Crippen MR) is 149 cm³/mol. The van der Waals surface area contributed by atoms with Gasteiger partial charge in [0.15, 0.2) is 5.78 Å². The molecule has 0 aromatic rings. The molecule has 0 spiro atoms. The molecule has 1 fully saturated rings. The second kappa shape index (κ2) is 15.7. The van der Waals surface area contributed by atoms with Crippen LogP contribution in [0.15, 0.2) is 75.6 Å². The minimum absolute atomic E-state index is 0.0514. The van der Waals surface area contributed by atoms with Gasteiger partial charge in [0.25, 0.3) is 0 Å². The van der Waals surface area contributed by atoms with Gasteiger partial charge in [0, 0.05) is 48.7 Å². The van der Waals surface area contributed by atoms with Gasteiger partial charge < -0.3 is 4.90 Å². The van der Waals surface area contributed by atoms with Crippen LogP contribution in [-0.2, 0) is 4.79 Å². The van der Waals surface area contributed by atoms with E-state index in [1.165, 1.54) is 18.7 Å². The fourth-order valence-electron chi connectivity index (χ4n) is 3.70. The summed E-state index contributed by atoms with van der Waals surface area (Å²) in [5, 5.41) is 0.553. The van der Waals surface area contributed by atoms with E-state index in [-0.39, 0.29) is 11.7 Å². The largest absolute Gasteiger partial charge is 0.369 e. The molecule has 1 aliphatic heterocycles. The van der Waals surface area contributed by atoms with Gasteiger partial charge in [0.05, 0.1) is 5.70 Å². The molecule has 0 radical (unpaired) electrons. The Balaban J connectivity index is 3.30. The first-order chi connectivity index (χ1) is 16.2. The number of rotatable bonds is 12. The monoisotopic (exact) mass is 485 g/mol. The van der Waals surface area contributed by atoms with Crippen LogP contribution < -0.4 is 0 Å². The summed E-state index contributed by atoms with van der Waals surface area (Å²) in [7, 11) is 0. The highest BCUT2D eigenvalue weighted by Crippen LogP contribution is 2.23. The van der Waals surface area contributed by atoms with E-state index in [0.29, 0.717) is 10.7 Å². The van der Waals surface area contributed by atoms with Crippen LogP contribution in [0.1, 0.15) is 61.3 Å². The molecule has 0 bridgehead atoms. The zero-order valence-corrected chi connectivity index (χ0v) is 23.1. The van der Waals surface area contributed by atoms with E-state index in [1.54, 1.807) is 13.0 Å². The fourth-order valence-corrected chi connectivity index (χ4v) is 3.82. The third-order valence-corrected chi connectivity index (χ3v) is 6.43. The average Bonchev–Trinajstić information content (AvgIpc) is 2.81. The summed E-state index contributed by atoms with van der Waals surface area (Å²) in [6.45, 7) is 23.3. The lowest BCUT2D eigenvalue weighted by molar-refractivity contribution is -0.112. The number of ketones is 1. The molecular weight excluding hydrogens is 442 g/mol. The molecular formula is C29H44ClN3O. The van der Waals surface area contributed by atoms with E-state index >= 15 is 0 Å². The molecule has 0 aromatic heterocycles. The van der Waals surface area contributed by atoms with Crippen LogP contribution in [0.3, 0.4) is 0 Å². The first-order valence-electron chi connectivity index (χ1n) is 12.5. The van der Waals surface area contributed by atoms with Crippen molar-refractivity contribution in [3.63, 3.8) is 0 Å². The first kappa shape index (κ1) is 29.9. The average molecular weight is 486 g/mol. The fraction of sp³-hybridized carbons (Fsp3) is 0.517. The highest BCUT2D eigenvalue weighted by Gasteiger charge is 2.17. The van der Waals surface area contributed by atoms with Gasteiger partial charge in [-0.3, -0.25) is 14.7 Å². The topological polar surface area (TPSA) is 35.9 Å². The van der Waals surface area contributed by atoms with Crippen LogP contribution in [0.2, 0.25) is 0 Å². The molecule has 0 saturated carbocycles. The maximum Gasteiger partial charge on any atom is 0.154 e. The maximum absolute atomic E-state index is 12.0. The van der Waals surface area contributed by atoms with Crippen LogP contribution in [0.4, 0.5) is 0 Å². The van der Waals surface area contributed by atoms with Crippen LogP contribution in [0.25, 0.3) is 0 Å². The third-order valence-electron chi connectivity index (χ3n) is 6.00. The zero-order chi connectivity index (χ0) is 25.7. The molecule has 1 saturated heterocycles. The molecule has 34 heavy (non-hydrogen) atoms. The second-order valence-electron chi connectivity index (χ2n) is 8.88. The molecule has 0 aromatic carbocycles. The van der Waals surface area contributed by atoms with Crippen molar-refractivity contribution in [3.05, 3.63) is 70.6 Å². The molecule has 1 rings (SSSR count). The van der Waals surface area contributed by atoms with E-state index in [9.17, 15) is 4.79 Å². The van der Waals surface area contributed by atoms with E-state index in [2.05, 4.69) is 62.3 Å².